The fourth-order valence-corrected chi connectivity index (χ4v) is 2.33. The molecule has 1 aliphatic heterocycles. The van der Waals surface area contributed by atoms with Gasteiger partial charge >= 0.3 is 0 Å². The largest absolute Gasteiger partial charge is 0.396 e. The van der Waals surface area contributed by atoms with E-state index in [1.54, 1.807) is 0 Å². The van der Waals surface area contributed by atoms with Gasteiger partial charge in [-0.2, -0.15) is 0 Å². The number of nitrogens with two attached hydrogens (primary N) is 1. The van der Waals surface area contributed by atoms with Crippen molar-refractivity contribution in [3.63, 3.8) is 0 Å². The molecule has 2 aromatic rings. The lowest BCUT2D eigenvalue weighted by atomic mass is 9.95. The highest BCUT2D eigenvalue weighted by atomic mass is 16.5. The van der Waals surface area contributed by atoms with Crippen LogP contribution in [0, 0.1) is 5.92 Å². The van der Waals surface area contributed by atoms with Gasteiger partial charge in [0.25, 0.3) is 0 Å². The van der Waals surface area contributed by atoms with Crippen LogP contribution in [0.1, 0.15) is 6.23 Å². The molecule has 2 aromatic heterocycles. The van der Waals surface area contributed by atoms with Gasteiger partial charge in [0, 0.05) is 5.92 Å². The van der Waals surface area contributed by atoms with Gasteiger partial charge in [0.2, 0.25) is 0 Å². The molecular weight excluding hydrogens is 266 g/mol. The number of anilines is 1. The van der Waals surface area contributed by atoms with Crippen molar-refractivity contribution >= 4 is 17.0 Å². The first-order valence-corrected chi connectivity index (χ1v) is 6.15. The Morgan fingerprint density at radius 1 is 1.30 bits per heavy atom. The maximum Gasteiger partial charge on any atom is 0.167 e. The first kappa shape index (κ1) is 13.2. The van der Waals surface area contributed by atoms with Crippen LogP contribution in [0.3, 0.4) is 0 Å². The Kier molecular flexibility index (Phi) is 3.26. The van der Waals surface area contributed by atoms with Gasteiger partial charge in [0.1, 0.15) is 17.9 Å². The summed E-state index contributed by atoms with van der Waals surface area (Å²) < 4.78 is 7.00. The van der Waals surface area contributed by atoms with Crippen LogP contribution < -0.4 is 5.73 Å². The van der Waals surface area contributed by atoms with Crippen LogP contribution in [0.4, 0.5) is 5.82 Å². The van der Waals surface area contributed by atoms with Gasteiger partial charge in [-0.3, -0.25) is 4.57 Å². The highest BCUT2D eigenvalue weighted by Gasteiger charge is 2.39. The Labute approximate surface area is 113 Å². The van der Waals surface area contributed by atoms with Crippen molar-refractivity contribution in [2.45, 2.75) is 18.4 Å². The number of aromatic nitrogens is 4. The number of hydrogen-bond acceptors (Lipinski definition) is 8. The molecule has 0 aliphatic carbocycles. The minimum Gasteiger partial charge on any atom is -0.396 e. The van der Waals surface area contributed by atoms with Gasteiger partial charge < -0.3 is 25.8 Å². The van der Waals surface area contributed by atoms with Crippen molar-refractivity contribution in [3.8, 4) is 0 Å². The molecule has 0 bridgehead atoms. The van der Waals surface area contributed by atoms with Crippen molar-refractivity contribution in [2.75, 3.05) is 18.9 Å². The number of aliphatic hydroxyl groups excluding tert-OH is 3. The van der Waals surface area contributed by atoms with E-state index in [0.29, 0.717) is 11.2 Å². The third-order valence-electron chi connectivity index (χ3n) is 3.50. The molecule has 4 atom stereocenters. The Morgan fingerprint density at radius 3 is 2.85 bits per heavy atom. The maximum absolute atomic E-state index is 10.1. The predicted octanol–water partition coefficient (Wildman–Crippen LogP) is -1.73. The van der Waals surface area contributed by atoms with Crippen LogP contribution in [-0.2, 0) is 4.74 Å². The molecule has 0 saturated carbocycles. The Bertz CT molecular complexity index is 618. The topological polar surface area (TPSA) is 140 Å². The summed E-state index contributed by atoms with van der Waals surface area (Å²) in [6.45, 7) is -0.135. The molecule has 3 rings (SSSR count). The molecule has 1 fully saturated rings. The smallest absolute Gasteiger partial charge is 0.167 e. The number of hydrogen-bond donors (Lipinski definition) is 4. The standard InChI is InChI=1S/C11H15N5O4/c12-9-6-10(14-3-13-9)16(4-15-6)11-8(19)7(18)5(1-17)2-20-11/h3-5,7-8,11,17-19H,1-2H2,(H2,12,13,14)/t5-,7?,8?,11?/m1/s1. The molecule has 3 unspecified atom stereocenters. The predicted molar refractivity (Wildman–Crippen MR) is 67.3 cm³/mol. The van der Waals surface area contributed by atoms with Gasteiger partial charge in [-0.1, -0.05) is 0 Å². The average molecular weight is 281 g/mol. The van der Waals surface area contributed by atoms with Crippen molar-refractivity contribution in [3.05, 3.63) is 12.7 Å². The zero-order valence-corrected chi connectivity index (χ0v) is 10.5. The fourth-order valence-electron chi connectivity index (χ4n) is 2.33. The highest BCUT2D eigenvalue weighted by Crippen LogP contribution is 2.29. The lowest BCUT2D eigenvalue weighted by molar-refractivity contribution is -0.196. The van der Waals surface area contributed by atoms with E-state index in [4.69, 9.17) is 15.6 Å². The Hall–Kier alpha value is -1.81. The molecule has 108 valence electrons. The van der Waals surface area contributed by atoms with Gasteiger partial charge in [-0.25, -0.2) is 15.0 Å². The van der Waals surface area contributed by atoms with E-state index in [0.717, 1.165) is 0 Å². The monoisotopic (exact) mass is 281 g/mol. The van der Waals surface area contributed by atoms with Gasteiger partial charge in [-0.15, -0.1) is 0 Å². The number of imidazole rings is 1. The third-order valence-corrected chi connectivity index (χ3v) is 3.50. The summed E-state index contributed by atoms with van der Waals surface area (Å²) in [6, 6.07) is 0. The second-order valence-electron chi connectivity index (χ2n) is 4.73. The van der Waals surface area contributed by atoms with Crippen LogP contribution in [0.5, 0.6) is 0 Å². The van der Waals surface area contributed by atoms with E-state index in [9.17, 15) is 10.2 Å². The minimum atomic E-state index is -1.20. The molecule has 1 aliphatic rings. The van der Waals surface area contributed by atoms with Crippen molar-refractivity contribution < 1.29 is 20.1 Å². The molecule has 9 nitrogen and oxygen atoms in total. The summed E-state index contributed by atoms with van der Waals surface area (Å²) in [5, 5.41) is 29.2. The van der Waals surface area contributed by atoms with Crippen molar-refractivity contribution in [1.82, 2.24) is 19.5 Å². The quantitative estimate of drug-likeness (QED) is 0.509. The number of ether oxygens (including phenoxy) is 1. The summed E-state index contributed by atoms with van der Waals surface area (Å²) in [7, 11) is 0. The first-order chi connectivity index (χ1) is 9.63. The lowest BCUT2D eigenvalue weighted by Gasteiger charge is -2.37. The molecule has 3 heterocycles. The number of fused-ring (bicyclic) bond motifs is 1. The summed E-state index contributed by atoms with van der Waals surface area (Å²) in [4.78, 5) is 12.0. The SMILES string of the molecule is Nc1ncnc2c1ncn2C1OC[C@@H](CO)C(O)C1O. The van der Waals surface area contributed by atoms with Crippen LogP contribution >= 0.6 is 0 Å². The highest BCUT2D eigenvalue weighted by molar-refractivity contribution is 5.81. The fraction of sp³-hybridized carbons (Fsp3) is 0.545. The summed E-state index contributed by atoms with van der Waals surface area (Å²) in [5.41, 5.74) is 6.51. The van der Waals surface area contributed by atoms with Crippen LogP contribution in [-0.4, -0.2) is 60.3 Å². The zero-order chi connectivity index (χ0) is 14.3. The van der Waals surface area contributed by atoms with Crippen LogP contribution in [0.15, 0.2) is 12.7 Å². The average Bonchev–Trinajstić information content (AvgIpc) is 2.87. The molecule has 0 aromatic carbocycles. The van der Waals surface area contributed by atoms with E-state index in [1.807, 2.05) is 0 Å². The first-order valence-electron chi connectivity index (χ1n) is 6.15. The Morgan fingerprint density at radius 2 is 2.10 bits per heavy atom. The molecule has 5 N–H and O–H groups in total. The van der Waals surface area contributed by atoms with E-state index in [1.165, 1.54) is 17.2 Å². The number of nitrogen functional groups attached to an aromatic ring is 1. The van der Waals surface area contributed by atoms with Crippen molar-refractivity contribution in [2.24, 2.45) is 5.92 Å². The Balaban J connectivity index is 1.97. The van der Waals surface area contributed by atoms with E-state index in [-0.39, 0.29) is 19.0 Å². The van der Waals surface area contributed by atoms with E-state index >= 15 is 0 Å². The van der Waals surface area contributed by atoms with Gasteiger partial charge in [0.05, 0.1) is 25.6 Å². The molecule has 20 heavy (non-hydrogen) atoms. The molecule has 0 spiro atoms. The molecule has 0 radical (unpaired) electrons. The zero-order valence-electron chi connectivity index (χ0n) is 10.5. The second kappa shape index (κ2) is 4.94. The number of nitrogens with zero attached hydrogens (tertiary/aromatic N) is 4. The van der Waals surface area contributed by atoms with Crippen molar-refractivity contribution in [1.29, 1.82) is 0 Å². The summed E-state index contributed by atoms with van der Waals surface area (Å²) in [5.74, 6) is -0.288. The normalized spacial score (nSPS) is 30.8. The summed E-state index contributed by atoms with van der Waals surface area (Å²) in [6.07, 6.45) is -0.412. The van der Waals surface area contributed by atoms with Crippen LogP contribution in [0.2, 0.25) is 0 Å². The number of aliphatic hydroxyl groups is 3. The third kappa shape index (κ3) is 1.91. The molecule has 1 saturated heterocycles. The van der Waals surface area contributed by atoms with Gasteiger partial charge in [0.15, 0.2) is 17.7 Å². The molecular formula is C11H15N5O4. The summed E-state index contributed by atoms with van der Waals surface area (Å²) >= 11 is 0. The van der Waals surface area contributed by atoms with Gasteiger partial charge in [-0.05, 0) is 0 Å². The lowest BCUT2D eigenvalue weighted by Crippen LogP contribution is -2.48. The minimum absolute atomic E-state index is 0.125. The second-order valence-corrected chi connectivity index (χ2v) is 4.73. The molecule has 9 heteroatoms. The van der Waals surface area contributed by atoms with E-state index < -0.39 is 24.4 Å². The maximum atomic E-state index is 10.1. The number of rotatable bonds is 2. The van der Waals surface area contributed by atoms with Crippen LogP contribution in [0.25, 0.3) is 11.2 Å². The van der Waals surface area contributed by atoms with E-state index in [2.05, 4.69) is 15.0 Å². The molecule has 0 amide bonds.